The van der Waals surface area contributed by atoms with Crippen LogP contribution in [0.3, 0.4) is 0 Å². The molecule has 1 aromatic rings. The van der Waals surface area contributed by atoms with Crippen LogP contribution in [0.5, 0.6) is 5.75 Å². The molecule has 1 aliphatic rings. The SMILES string of the molecule is CCOCCCNC(=O)C1CCN(S(=O)(=O)c2ccc(OC)c([N+](=O)[O-])c2)CC1. The lowest BCUT2D eigenvalue weighted by atomic mass is 9.97. The summed E-state index contributed by atoms with van der Waals surface area (Å²) in [5.74, 6) is -0.342. The van der Waals surface area contributed by atoms with Crippen LogP contribution in [0.4, 0.5) is 5.69 Å². The van der Waals surface area contributed by atoms with Crippen molar-refractivity contribution in [2.75, 3.05) is 40.0 Å². The largest absolute Gasteiger partial charge is 0.490 e. The fraction of sp³-hybridized carbons (Fsp3) is 0.611. The maximum absolute atomic E-state index is 12.9. The van der Waals surface area contributed by atoms with Gasteiger partial charge in [0.05, 0.1) is 16.9 Å². The molecule has 0 saturated carbocycles. The lowest BCUT2D eigenvalue weighted by Crippen LogP contribution is -2.43. The highest BCUT2D eigenvalue weighted by molar-refractivity contribution is 7.89. The molecule has 10 nitrogen and oxygen atoms in total. The number of methoxy groups -OCH3 is 1. The number of nitro groups is 1. The Morgan fingerprint density at radius 1 is 1.34 bits per heavy atom. The van der Waals surface area contributed by atoms with Crippen LogP contribution < -0.4 is 10.1 Å². The molecule has 0 spiro atoms. The second-order valence-electron chi connectivity index (χ2n) is 6.61. The molecule has 2 rings (SSSR count). The van der Waals surface area contributed by atoms with Crippen LogP contribution in [0.2, 0.25) is 0 Å². The van der Waals surface area contributed by atoms with Gasteiger partial charge in [-0.25, -0.2) is 8.42 Å². The third kappa shape index (κ3) is 5.87. The third-order valence-corrected chi connectivity index (χ3v) is 6.67. The smallest absolute Gasteiger partial charge is 0.312 e. The lowest BCUT2D eigenvalue weighted by Gasteiger charge is -2.30. The van der Waals surface area contributed by atoms with Gasteiger partial charge < -0.3 is 14.8 Å². The summed E-state index contributed by atoms with van der Waals surface area (Å²) in [5.41, 5.74) is -0.408. The number of hydrogen-bond donors (Lipinski definition) is 1. The van der Waals surface area contributed by atoms with Crippen LogP contribution in [-0.2, 0) is 19.6 Å². The highest BCUT2D eigenvalue weighted by Gasteiger charge is 2.33. The first-order chi connectivity index (χ1) is 13.8. The van der Waals surface area contributed by atoms with Gasteiger partial charge in [-0.2, -0.15) is 4.31 Å². The second-order valence-corrected chi connectivity index (χ2v) is 8.55. The first-order valence-corrected chi connectivity index (χ1v) is 10.9. The zero-order chi connectivity index (χ0) is 21.4. The number of nitro benzene ring substituents is 1. The molecule has 1 saturated heterocycles. The van der Waals surface area contributed by atoms with Gasteiger partial charge in [-0.3, -0.25) is 14.9 Å². The van der Waals surface area contributed by atoms with E-state index in [0.29, 0.717) is 32.6 Å². The van der Waals surface area contributed by atoms with Gasteiger partial charge in [0.2, 0.25) is 15.9 Å². The molecule has 11 heteroatoms. The van der Waals surface area contributed by atoms with E-state index in [2.05, 4.69) is 5.32 Å². The first kappa shape index (κ1) is 23.0. The van der Waals surface area contributed by atoms with Gasteiger partial charge in [0, 0.05) is 44.8 Å². The van der Waals surface area contributed by atoms with Gasteiger partial charge in [-0.1, -0.05) is 0 Å². The van der Waals surface area contributed by atoms with Crippen molar-refractivity contribution in [1.82, 2.24) is 9.62 Å². The van der Waals surface area contributed by atoms with Crippen LogP contribution in [0.1, 0.15) is 26.2 Å². The Labute approximate surface area is 170 Å². The van der Waals surface area contributed by atoms with Crippen molar-refractivity contribution in [2.45, 2.75) is 31.1 Å². The van der Waals surface area contributed by atoms with Crippen molar-refractivity contribution in [3.63, 3.8) is 0 Å². The van der Waals surface area contributed by atoms with E-state index in [1.807, 2.05) is 6.92 Å². The average Bonchev–Trinajstić information content (AvgIpc) is 2.72. The predicted molar refractivity (Wildman–Crippen MR) is 105 cm³/mol. The molecular formula is C18H27N3O7S. The van der Waals surface area contributed by atoms with Crippen molar-refractivity contribution < 1.29 is 27.6 Å². The van der Waals surface area contributed by atoms with E-state index in [1.165, 1.54) is 23.5 Å². The van der Waals surface area contributed by atoms with E-state index in [4.69, 9.17) is 9.47 Å². The number of carbonyl (C=O) groups is 1. The summed E-state index contributed by atoms with van der Waals surface area (Å²) in [6, 6.07) is 3.57. The van der Waals surface area contributed by atoms with Gasteiger partial charge in [-0.15, -0.1) is 0 Å². The minimum absolute atomic E-state index is 0.00586. The number of amides is 1. The first-order valence-electron chi connectivity index (χ1n) is 9.49. The second kappa shape index (κ2) is 10.5. The number of sulfonamides is 1. The van der Waals surface area contributed by atoms with Gasteiger partial charge >= 0.3 is 5.69 Å². The lowest BCUT2D eigenvalue weighted by molar-refractivity contribution is -0.386. The Balaban J connectivity index is 1.97. The zero-order valence-corrected chi connectivity index (χ0v) is 17.4. The molecule has 162 valence electrons. The predicted octanol–water partition coefficient (Wildman–Crippen LogP) is 1.55. The number of hydrogen-bond acceptors (Lipinski definition) is 7. The monoisotopic (exact) mass is 429 g/mol. The molecule has 0 radical (unpaired) electrons. The molecule has 1 N–H and O–H groups in total. The van der Waals surface area contributed by atoms with E-state index in [9.17, 15) is 23.3 Å². The Morgan fingerprint density at radius 3 is 2.62 bits per heavy atom. The molecule has 0 unspecified atom stereocenters. The topological polar surface area (TPSA) is 128 Å². The fourth-order valence-corrected chi connectivity index (χ4v) is 4.65. The fourth-order valence-electron chi connectivity index (χ4n) is 3.15. The summed E-state index contributed by atoms with van der Waals surface area (Å²) in [5, 5.41) is 14.0. The van der Waals surface area contributed by atoms with Crippen LogP contribution in [0, 0.1) is 16.0 Å². The van der Waals surface area contributed by atoms with E-state index in [1.54, 1.807) is 0 Å². The van der Waals surface area contributed by atoms with Crippen molar-refractivity contribution in [1.29, 1.82) is 0 Å². The quantitative estimate of drug-likeness (QED) is 0.339. The number of ether oxygens (including phenoxy) is 2. The molecular weight excluding hydrogens is 402 g/mol. The minimum Gasteiger partial charge on any atom is -0.490 e. The highest BCUT2D eigenvalue weighted by atomic mass is 32.2. The van der Waals surface area contributed by atoms with E-state index < -0.39 is 20.6 Å². The number of carbonyl (C=O) groups excluding carboxylic acids is 1. The van der Waals surface area contributed by atoms with E-state index in [-0.39, 0.29) is 35.6 Å². The standard InChI is InChI=1S/C18H27N3O7S/c1-3-28-12-4-9-19-18(22)14-7-10-20(11-8-14)29(25,26)15-5-6-17(27-2)16(13-15)21(23)24/h5-6,13-14H,3-4,7-12H2,1-2H3,(H,19,22). The normalized spacial score (nSPS) is 15.8. The summed E-state index contributed by atoms with van der Waals surface area (Å²) in [7, 11) is -2.61. The number of nitrogens with one attached hydrogen (secondary N) is 1. The van der Waals surface area contributed by atoms with Gasteiger partial charge in [0.25, 0.3) is 0 Å². The van der Waals surface area contributed by atoms with Crippen LogP contribution >= 0.6 is 0 Å². The summed E-state index contributed by atoms with van der Waals surface area (Å²) in [4.78, 5) is 22.6. The van der Waals surface area contributed by atoms with Crippen molar-refractivity contribution in [2.24, 2.45) is 5.92 Å². The maximum Gasteiger partial charge on any atom is 0.312 e. The van der Waals surface area contributed by atoms with Gasteiger partial charge in [0.15, 0.2) is 5.75 Å². The van der Waals surface area contributed by atoms with Gasteiger partial charge in [-0.05, 0) is 38.3 Å². The summed E-state index contributed by atoms with van der Waals surface area (Å²) >= 11 is 0. The van der Waals surface area contributed by atoms with Crippen molar-refractivity contribution >= 4 is 21.6 Å². The number of rotatable bonds is 10. The highest BCUT2D eigenvalue weighted by Crippen LogP contribution is 2.31. The van der Waals surface area contributed by atoms with Crippen LogP contribution in [0.15, 0.2) is 23.1 Å². The number of nitrogens with zero attached hydrogens (tertiary/aromatic N) is 2. The van der Waals surface area contributed by atoms with Crippen LogP contribution in [-0.4, -0.2) is 63.5 Å². The molecule has 1 fully saturated rings. The Bertz CT molecular complexity index is 821. The molecule has 1 aliphatic heterocycles. The molecule has 1 amide bonds. The summed E-state index contributed by atoms with van der Waals surface area (Å²) in [6.07, 6.45) is 1.52. The molecule has 1 aromatic carbocycles. The van der Waals surface area contributed by atoms with Crippen LogP contribution in [0.25, 0.3) is 0 Å². The van der Waals surface area contributed by atoms with E-state index >= 15 is 0 Å². The van der Waals surface area contributed by atoms with E-state index in [0.717, 1.165) is 12.5 Å². The molecule has 0 bridgehead atoms. The molecule has 0 atom stereocenters. The third-order valence-electron chi connectivity index (χ3n) is 4.78. The van der Waals surface area contributed by atoms with Crippen molar-refractivity contribution in [3.05, 3.63) is 28.3 Å². The Kier molecular flexibility index (Phi) is 8.35. The Hall–Kier alpha value is -2.24. The molecule has 0 aliphatic carbocycles. The zero-order valence-electron chi connectivity index (χ0n) is 16.6. The van der Waals surface area contributed by atoms with Crippen molar-refractivity contribution in [3.8, 4) is 5.75 Å². The van der Waals surface area contributed by atoms with Gasteiger partial charge in [0.1, 0.15) is 0 Å². The number of piperidine rings is 1. The summed E-state index contributed by atoms with van der Waals surface area (Å²) < 4.78 is 37.1. The average molecular weight is 429 g/mol. The Morgan fingerprint density at radius 2 is 2.03 bits per heavy atom. The molecule has 1 heterocycles. The molecule has 29 heavy (non-hydrogen) atoms. The molecule has 0 aromatic heterocycles. The number of benzene rings is 1. The minimum atomic E-state index is -3.89. The summed E-state index contributed by atoms with van der Waals surface area (Å²) in [6.45, 7) is 4.01. The maximum atomic E-state index is 12.9.